The summed E-state index contributed by atoms with van der Waals surface area (Å²) in [5, 5.41) is 0. The van der Waals surface area contributed by atoms with Gasteiger partial charge in [0.1, 0.15) is 51.1 Å². The number of nitrogens with zero attached hydrogens (tertiary/aromatic N) is 6. The highest BCUT2D eigenvalue weighted by Gasteiger charge is 2.15. The molecule has 0 unspecified atom stereocenters. The van der Waals surface area contributed by atoms with E-state index in [-0.39, 0.29) is 26.4 Å². The van der Waals surface area contributed by atoms with E-state index in [1.807, 2.05) is 133 Å². The maximum absolute atomic E-state index is 6.36. The molecule has 16 nitrogen and oxygen atoms in total. The average Bonchev–Trinajstić information content (AvgIpc) is 3.44. The number of rotatable bonds is 10. The van der Waals surface area contributed by atoms with Crippen molar-refractivity contribution in [1.29, 1.82) is 0 Å². The summed E-state index contributed by atoms with van der Waals surface area (Å²) >= 11 is 0. The van der Waals surface area contributed by atoms with E-state index in [0.717, 1.165) is 33.9 Å². The summed E-state index contributed by atoms with van der Waals surface area (Å²) < 4.78 is 60.8. The van der Waals surface area contributed by atoms with Crippen LogP contribution in [0.2, 0.25) is 0 Å². The Morgan fingerprint density at radius 3 is 0.917 bits per heavy atom. The Morgan fingerprint density at radius 2 is 0.611 bits per heavy atom. The zero-order chi connectivity index (χ0) is 48.8. The first kappa shape index (κ1) is 49.0. The lowest BCUT2D eigenvalue weighted by atomic mass is 10.1. The van der Waals surface area contributed by atoms with Gasteiger partial charge in [-0.2, -0.15) is 0 Å². The number of aromatic nitrogens is 6. The molecular formula is C56H54N6O10. The lowest BCUT2D eigenvalue weighted by Crippen LogP contribution is -2.15. The Balaban J connectivity index is 0.795. The van der Waals surface area contributed by atoms with Crippen molar-refractivity contribution < 1.29 is 47.4 Å². The first-order chi connectivity index (χ1) is 35.7. The summed E-state index contributed by atoms with van der Waals surface area (Å²) in [5.74, 6) is 3.51. The van der Waals surface area contributed by atoms with Gasteiger partial charge in [0.2, 0.25) is 0 Å². The van der Waals surface area contributed by atoms with Crippen LogP contribution in [0.4, 0.5) is 0 Å². The van der Waals surface area contributed by atoms with E-state index >= 15 is 0 Å². The lowest BCUT2D eigenvalue weighted by molar-refractivity contribution is 0.0223. The quantitative estimate of drug-likeness (QED) is 0.127. The third-order valence-electron chi connectivity index (χ3n) is 10.8. The van der Waals surface area contributed by atoms with Gasteiger partial charge in [0.25, 0.3) is 0 Å². The Bertz CT molecular complexity index is 2590. The van der Waals surface area contributed by atoms with Crippen molar-refractivity contribution >= 4 is 0 Å². The SMILES string of the molecule is c1ccc(-c2cc(OCc3ccc4c(c3)OCCOCCOCCOc3cc(COc5cc(-c6ccccn6)nc(-c6ccccn6)c5)ccc3OCCOCCOCCO4)cc(-c3ccccn3)n2)nc1. The molecule has 0 fully saturated rings. The highest BCUT2D eigenvalue weighted by molar-refractivity contribution is 5.66. The summed E-state index contributed by atoms with van der Waals surface area (Å²) in [6, 6.07) is 41.8. The molecule has 72 heavy (non-hydrogen) atoms. The Morgan fingerprint density at radius 1 is 0.306 bits per heavy atom. The van der Waals surface area contributed by atoms with E-state index in [2.05, 4.69) is 19.9 Å². The van der Waals surface area contributed by atoms with E-state index in [9.17, 15) is 0 Å². The predicted molar refractivity (Wildman–Crippen MR) is 268 cm³/mol. The van der Waals surface area contributed by atoms with Crippen molar-refractivity contribution in [2.45, 2.75) is 13.2 Å². The Kier molecular flexibility index (Phi) is 17.9. The van der Waals surface area contributed by atoms with Crippen LogP contribution in [0.15, 0.2) is 158 Å². The van der Waals surface area contributed by atoms with Gasteiger partial charge in [0.15, 0.2) is 23.0 Å². The molecule has 0 saturated carbocycles. The second kappa shape index (κ2) is 26.3. The van der Waals surface area contributed by atoms with Gasteiger partial charge in [0, 0.05) is 49.1 Å². The van der Waals surface area contributed by atoms with E-state index in [1.165, 1.54) is 0 Å². The van der Waals surface area contributed by atoms with Gasteiger partial charge in [-0.15, -0.1) is 0 Å². The molecule has 0 atom stereocenters. The van der Waals surface area contributed by atoms with Crippen LogP contribution in [-0.4, -0.2) is 109 Å². The number of hydrogen-bond acceptors (Lipinski definition) is 16. The fraction of sp³-hybridized carbons (Fsp3) is 0.250. The molecule has 0 N–H and O–H groups in total. The van der Waals surface area contributed by atoms with Gasteiger partial charge >= 0.3 is 0 Å². The summed E-state index contributed by atoms with van der Waals surface area (Å²) in [6.45, 7) is 4.53. The first-order valence-electron chi connectivity index (χ1n) is 23.7. The van der Waals surface area contributed by atoms with Gasteiger partial charge in [-0.3, -0.25) is 19.9 Å². The van der Waals surface area contributed by atoms with Gasteiger partial charge < -0.3 is 47.4 Å². The van der Waals surface area contributed by atoms with Crippen molar-refractivity contribution in [3.05, 3.63) is 169 Å². The largest absolute Gasteiger partial charge is 0.489 e. The van der Waals surface area contributed by atoms with E-state index < -0.39 is 0 Å². The van der Waals surface area contributed by atoms with E-state index in [0.29, 0.717) is 123 Å². The fourth-order valence-corrected chi connectivity index (χ4v) is 7.33. The molecule has 0 amide bonds. The van der Waals surface area contributed by atoms with Gasteiger partial charge in [-0.05, 0) is 83.9 Å². The third kappa shape index (κ3) is 14.5. The van der Waals surface area contributed by atoms with Crippen LogP contribution in [0.5, 0.6) is 34.5 Å². The lowest BCUT2D eigenvalue weighted by Gasteiger charge is -2.16. The van der Waals surface area contributed by atoms with E-state index in [1.54, 1.807) is 24.8 Å². The highest BCUT2D eigenvalue weighted by atomic mass is 16.6. The summed E-state index contributed by atoms with van der Waals surface area (Å²) in [7, 11) is 0. The van der Waals surface area contributed by atoms with Crippen molar-refractivity contribution in [2.24, 2.45) is 0 Å². The van der Waals surface area contributed by atoms with Gasteiger partial charge in [0.05, 0.1) is 98.4 Å². The van der Waals surface area contributed by atoms with E-state index in [4.69, 9.17) is 57.3 Å². The maximum Gasteiger partial charge on any atom is 0.161 e. The molecule has 0 bridgehead atoms. The normalized spacial score (nSPS) is 14.3. The van der Waals surface area contributed by atoms with Crippen LogP contribution >= 0.6 is 0 Å². The number of hydrogen-bond donors (Lipinski definition) is 0. The molecule has 8 aromatic rings. The molecule has 0 saturated heterocycles. The van der Waals surface area contributed by atoms with Crippen LogP contribution < -0.4 is 28.4 Å². The van der Waals surface area contributed by atoms with Crippen LogP contribution in [0.1, 0.15) is 11.1 Å². The summed E-state index contributed by atoms with van der Waals surface area (Å²) in [6.07, 6.45) is 6.95. The van der Waals surface area contributed by atoms with Crippen molar-refractivity contribution in [1.82, 2.24) is 29.9 Å². The van der Waals surface area contributed by atoms with Gasteiger partial charge in [-0.25, -0.2) is 9.97 Å². The zero-order valence-electron chi connectivity index (χ0n) is 39.7. The van der Waals surface area contributed by atoms with Crippen LogP contribution in [-0.2, 0) is 32.2 Å². The van der Waals surface area contributed by atoms with Gasteiger partial charge in [-0.1, -0.05) is 36.4 Å². The molecule has 16 heteroatoms. The predicted octanol–water partition coefficient (Wildman–Crippen LogP) is 9.18. The smallest absolute Gasteiger partial charge is 0.161 e. The number of ether oxygens (including phenoxy) is 10. The fourth-order valence-electron chi connectivity index (χ4n) is 7.33. The molecule has 368 valence electrons. The highest BCUT2D eigenvalue weighted by Crippen LogP contribution is 2.33. The molecule has 9 rings (SSSR count). The number of fused-ring (bicyclic) bond motifs is 2. The molecule has 1 aliphatic rings. The maximum atomic E-state index is 6.36. The summed E-state index contributed by atoms with van der Waals surface area (Å²) in [5.41, 5.74) is 7.36. The van der Waals surface area contributed by atoms with Crippen LogP contribution in [0.25, 0.3) is 45.6 Å². The van der Waals surface area contributed by atoms with Crippen molar-refractivity contribution in [3.8, 4) is 80.0 Å². The van der Waals surface area contributed by atoms with Crippen LogP contribution in [0.3, 0.4) is 0 Å². The Hall–Kier alpha value is -8.02. The number of pyridine rings is 6. The zero-order valence-corrected chi connectivity index (χ0v) is 39.7. The molecule has 6 aromatic heterocycles. The minimum atomic E-state index is 0.256. The topological polar surface area (TPSA) is 170 Å². The molecule has 0 radical (unpaired) electrons. The minimum Gasteiger partial charge on any atom is -0.489 e. The Labute approximate surface area is 417 Å². The molecule has 0 aliphatic carbocycles. The second-order valence-electron chi connectivity index (χ2n) is 16.0. The molecule has 1 aliphatic heterocycles. The van der Waals surface area contributed by atoms with Crippen LogP contribution in [0, 0.1) is 0 Å². The molecule has 2 aromatic carbocycles. The monoisotopic (exact) mass is 970 g/mol. The third-order valence-corrected chi connectivity index (χ3v) is 10.8. The minimum absolute atomic E-state index is 0.256. The summed E-state index contributed by atoms with van der Waals surface area (Å²) in [4.78, 5) is 27.7. The average molecular weight is 971 g/mol. The number of benzene rings is 2. The van der Waals surface area contributed by atoms with Crippen molar-refractivity contribution in [3.63, 3.8) is 0 Å². The first-order valence-corrected chi connectivity index (χ1v) is 23.7. The standard InChI is InChI=1S/C56H54N6O10/c1-5-17-57-45(9-1)49-35-43(36-50(61-49)46-10-2-6-18-58-46)71-39-41-13-15-53-55(33-41)69-31-27-65-23-24-66-28-32-70-56-34-42(14-16-54(56)68-30-26-64-22-21-63-25-29-67-53)40-72-44-37-51(47-11-3-7-19-59-47)62-52(38-44)48-12-4-8-20-60-48/h1-20,33-38H,21-32,39-40H2. The van der Waals surface area contributed by atoms with Crippen molar-refractivity contribution in [2.75, 3.05) is 79.3 Å². The molecule has 7 heterocycles. The molecular weight excluding hydrogens is 917 g/mol. The second-order valence-corrected chi connectivity index (χ2v) is 16.0. The molecule has 0 spiro atoms.